The van der Waals surface area contributed by atoms with Gasteiger partial charge in [0, 0.05) is 17.6 Å². The van der Waals surface area contributed by atoms with Crippen molar-refractivity contribution in [3.8, 4) is 0 Å². The van der Waals surface area contributed by atoms with Crippen LogP contribution in [0.5, 0.6) is 0 Å². The molecule has 2 aromatic rings. The Balaban J connectivity index is 2.08. The molecule has 0 aliphatic rings. The number of rotatable bonds is 5. The average Bonchev–Trinajstić information content (AvgIpc) is 2.83. The molecule has 0 atom stereocenters. The summed E-state index contributed by atoms with van der Waals surface area (Å²) in [5.41, 5.74) is 3.30. The van der Waals surface area contributed by atoms with Crippen LogP contribution in [0.2, 0.25) is 0 Å². The van der Waals surface area contributed by atoms with Crippen molar-refractivity contribution in [2.75, 3.05) is 25.1 Å². The molecule has 0 spiro atoms. The topological polar surface area (TPSA) is 65.4 Å². The van der Waals surface area contributed by atoms with E-state index in [1.807, 2.05) is 30.6 Å². The SMILES string of the molecule is CC(CO)(CO)CNc1ccc2ncsc2c1. The highest BCUT2D eigenvalue weighted by Crippen LogP contribution is 2.23. The minimum absolute atomic E-state index is 0.0424. The van der Waals surface area contributed by atoms with Crippen molar-refractivity contribution in [3.05, 3.63) is 23.7 Å². The van der Waals surface area contributed by atoms with E-state index in [-0.39, 0.29) is 13.2 Å². The molecule has 0 fully saturated rings. The fourth-order valence-corrected chi connectivity index (χ4v) is 2.16. The number of aliphatic hydroxyl groups is 2. The third-order valence-electron chi connectivity index (χ3n) is 2.81. The van der Waals surface area contributed by atoms with Crippen LogP contribution in [-0.4, -0.2) is 35.0 Å². The first kappa shape index (κ1) is 12.3. The van der Waals surface area contributed by atoms with E-state index in [9.17, 15) is 10.2 Å². The third kappa shape index (κ3) is 2.74. The summed E-state index contributed by atoms with van der Waals surface area (Å²) in [5.74, 6) is 0. The monoisotopic (exact) mass is 252 g/mol. The molecule has 0 unspecified atom stereocenters. The number of hydrogen-bond acceptors (Lipinski definition) is 5. The molecule has 4 nitrogen and oxygen atoms in total. The highest BCUT2D eigenvalue weighted by atomic mass is 32.1. The summed E-state index contributed by atoms with van der Waals surface area (Å²) in [6, 6.07) is 5.95. The maximum Gasteiger partial charge on any atom is 0.0813 e. The van der Waals surface area contributed by atoms with Crippen molar-refractivity contribution < 1.29 is 10.2 Å². The van der Waals surface area contributed by atoms with Crippen LogP contribution in [0.25, 0.3) is 10.2 Å². The fourth-order valence-electron chi connectivity index (χ4n) is 1.44. The summed E-state index contributed by atoms with van der Waals surface area (Å²) in [4.78, 5) is 4.21. The predicted octanol–water partition coefficient (Wildman–Crippen LogP) is 1.70. The van der Waals surface area contributed by atoms with E-state index in [0.717, 1.165) is 15.9 Å². The number of nitrogens with zero attached hydrogens (tertiary/aromatic N) is 1. The molecule has 0 aliphatic heterocycles. The van der Waals surface area contributed by atoms with Crippen LogP contribution in [-0.2, 0) is 0 Å². The van der Waals surface area contributed by atoms with Crippen LogP contribution in [0.1, 0.15) is 6.92 Å². The number of fused-ring (bicyclic) bond motifs is 1. The zero-order valence-electron chi connectivity index (χ0n) is 9.68. The van der Waals surface area contributed by atoms with E-state index >= 15 is 0 Å². The zero-order valence-corrected chi connectivity index (χ0v) is 10.5. The van der Waals surface area contributed by atoms with Gasteiger partial charge in [-0.25, -0.2) is 4.98 Å². The molecule has 5 heteroatoms. The third-order valence-corrected chi connectivity index (χ3v) is 3.61. The summed E-state index contributed by atoms with van der Waals surface area (Å²) in [6.07, 6.45) is 0. The number of benzene rings is 1. The molecular formula is C12H16N2O2S. The Hall–Kier alpha value is -1.17. The quantitative estimate of drug-likeness (QED) is 0.758. The molecule has 0 aliphatic carbocycles. The molecule has 0 radical (unpaired) electrons. The van der Waals surface area contributed by atoms with Crippen molar-refractivity contribution in [2.24, 2.45) is 5.41 Å². The van der Waals surface area contributed by atoms with E-state index in [1.54, 1.807) is 11.3 Å². The number of nitrogens with one attached hydrogen (secondary N) is 1. The van der Waals surface area contributed by atoms with E-state index in [0.29, 0.717) is 6.54 Å². The standard InChI is InChI=1S/C12H16N2O2S/c1-12(6-15,7-16)5-13-9-2-3-10-11(4-9)17-8-14-10/h2-4,8,13,15-16H,5-7H2,1H3. The lowest BCUT2D eigenvalue weighted by molar-refractivity contribution is 0.0806. The molecule has 1 aromatic carbocycles. The van der Waals surface area contributed by atoms with Gasteiger partial charge in [0.05, 0.1) is 28.9 Å². The van der Waals surface area contributed by atoms with Crippen molar-refractivity contribution in [3.63, 3.8) is 0 Å². The van der Waals surface area contributed by atoms with Gasteiger partial charge in [-0.15, -0.1) is 11.3 Å². The fraction of sp³-hybridized carbons (Fsp3) is 0.417. The van der Waals surface area contributed by atoms with E-state index < -0.39 is 5.41 Å². The molecule has 1 heterocycles. The molecular weight excluding hydrogens is 236 g/mol. The highest BCUT2D eigenvalue weighted by molar-refractivity contribution is 7.16. The lowest BCUT2D eigenvalue weighted by Gasteiger charge is -2.25. The number of aliphatic hydroxyl groups excluding tert-OH is 2. The summed E-state index contributed by atoms with van der Waals surface area (Å²) in [5, 5.41) is 21.6. The second-order valence-corrected chi connectivity index (χ2v) is 5.40. The minimum Gasteiger partial charge on any atom is -0.396 e. The van der Waals surface area contributed by atoms with Crippen LogP contribution in [0.3, 0.4) is 0 Å². The van der Waals surface area contributed by atoms with Gasteiger partial charge < -0.3 is 15.5 Å². The molecule has 0 saturated heterocycles. The Labute approximate surface area is 104 Å². The Morgan fingerprint density at radius 3 is 2.82 bits per heavy atom. The van der Waals surface area contributed by atoms with Crippen LogP contribution in [0.4, 0.5) is 5.69 Å². The van der Waals surface area contributed by atoms with Crippen molar-refractivity contribution in [2.45, 2.75) is 6.92 Å². The molecule has 3 N–H and O–H groups in total. The largest absolute Gasteiger partial charge is 0.396 e. The Bertz CT molecular complexity index is 494. The second-order valence-electron chi connectivity index (χ2n) is 4.52. The zero-order chi connectivity index (χ0) is 12.3. The van der Waals surface area contributed by atoms with Crippen LogP contribution in [0, 0.1) is 5.41 Å². The van der Waals surface area contributed by atoms with Gasteiger partial charge in [0.15, 0.2) is 0 Å². The van der Waals surface area contributed by atoms with Gasteiger partial charge in [-0.05, 0) is 18.2 Å². The van der Waals surface area contributed by atoms with Crippen molar-refractivity contribution in [1.29, 1.82) is 0 Å². The van der Waals surface area contributed by atoms with Crippen LogP contribution < -0.4 is 5.32 Å². The maximum absolute atomic E-state index is 9.19. The number of hydrogen-bond donors (Lipinski definition) is 3. The van der Waals surface area contributed by atoms with Gasteiger partial charge in [0.1, 0.15) is 0 Å². The van der Waals surface area contributed by atoms with Gasteiger partial charge >= 0.3 is 0 Å². The lowest BCUT2D eigenvalue weighted by atomic mass is 9.93. The van der Waals surface area contributed by atoms with Gasteiger partial charge in [-0.2, -0.15) is 0 Å². The molecule has 92 valence electrons. The molecule has 0 bridgehead atoms. The Morgan fingerprint density at radius 1 is 1.35 bits per heavy atom. The normalized spacial score (nSPS) is 11.9. The highest BCUT2D eigenvalue weighted by Gasteiger charge is 2.21. The molecule has 0 saturated carbocycles. The minimum atomic E-state index is -0.497. The Kier molecular flexibility index (Phi) is 3.61. The Morgan fingerprint density at radius 2 is 2.12 bits per heavy atom. The van der Waals surface area contributed by atoms with E-state index in [4.69, 9.17) is 0 Å². The number of anilines is 1. The van der Waals surface area contributed by atoms with Crippen molar-refractivity contribution in [1.82, 2.24) is 4.98 Å². The summed E-state index contributed by atoms with van der Waals surface area (Å²) >= 11 is 1.60. The second kappa shape index (κ2) is 5.00. The number of aromatic nitrogens is 1. The van der Waals surface area contributed by atoms with Gasteiger partial charge in [0.25, 0.3) is 0 Å². The maximum atomic E-state index is 9.19. The summed E-state index contributed by atoms with van der Waals surface area (Å²) < 4.78 is 1.13. The summed E-state index contributed by atoms with van der Waals surface area (Å²) in [6.45, 7) is 2.29. The molecule has 17 heavy (non-hydrogen) atoms. The van der Waals surface area contributed by atoms with Crippen molar-refractivity contribution >= 4 is 27.2 Å². The molecule has 1 aromatic heterocycles. The first-order valence-electron chi connectivity index (χ1n) is 5.46. The number of thiazole rings is 1. The van der Waals surface area contributed by atoms with Crippen LogP contribution in [0.15, 0.2) is 23.7 Å². The lowest BCUT2D eigenvalue weighted by Crippen LogP contribution is -2.33. The van der Waals surface area contributed by atoms with Gasteiger partial charge in [0.2, 0.25) is 0 Å². The van der Waals surface area contributed by atoms with Crippen LogP contribution >= 0.6 is 11.3 Å². The first-order valence-corrected chi connectivity index (χ1v) is 6.34. The van der Waals surface area contributed by atoms with E-state index in [1.165, 1.54) is 0 Å². The van der Waals surface area contributed by atoms with Gasteiger partial charge in [-0.1, -0.05) is 6.92 Å². The molecule has 2 rings (SSSR count). The molecule has 0 amide bonds. The smallest absolute Gasteiger partial charge is 0.0813 e. The average molecular weight is 252 g/mol. The first-order chi connectivity index (χ1) is 8.17. The summed E-state index contributed by atoms with van der Waals surface area (Å²) in [7, 11) is 0. The predicted molar refractivity (Wildman–Crippen MR) is 70.4 cm³/mol. The van der Waals surface area contributed by atoms with Gasteiger partial charge in [-0.3, -0.25) is 0 Å². The van der Waals surface area contributed by atoms with E-state index in [2.05, 4.69) is 10.3 Å².